The molecule has 0 bridgehead atoms. The van der Waals surface area contributed by atoms with Crippen LogP contribution in [0.25, 0.3) is 124 Å². The van der Waals surface area contributed by atoms with E-state index >= 15 is 0 Å². The van der Waals surface area contributed by atoms with E-state index in [1.165, 1.54) is 129 Å². The number of thiophene rings is 2. The van der Waals surface area contributed by atoms with E-state index in [1.54, 1.807) is 0 Å². The molecule has 0 aliphatic carbocycles. The van der Waals surface area contributed by atoms with Crippen LogP contribution in [0.3, 0.4) is 0 Å². The average molecular weight is 865 g/mol. The number of fused-ring (bicyclic) bond motifs is 6. The number of hydrogen-bond acceptors (Lipinski definition) is 2. The molecular weight excluding hydrogens is 821 g/mol. The molecule has 0 saturated carbocycles. The van der Waals surface area contributed by atoms with Crippen molar-refractivity contribution in [2.24, 2.45) is 0 Å². The van der Waals surface area contributed by atoms with Crippen LogP contribution < -0.4 is 0 Å². The minimum absolute atomic E-state index is 1.01. The van der Waals surface area contributed by atoms with Gasteiger partial charge in [-0.25, -0.2) is 0 Å². The molecule has 0 unspecified atom stereocenters. The molecule has 12 rings (SSSR count). The molecule has 0 aliphatic rings. The quantitative estimate of drug-likeness (QED) is 0.105. The molecule has 12 aromatic rings. The van der Waals surface area contributed by atoms with Crippen molar-refractivity contribution in [2.45, 2.75) is 20.3 Å². The zero-order valence-electron chi connectivity index (χ0n) is 36.3. The summed E-state index contributed by atoms with van der Waals surface area (Å²) in [5, 5.41) is 15.1. The van der Waals surface area contributed by atoms with E-state index in [-0.39, 0.29) is 0 Å². The summed E-state index contributed by atoms with van der Waals surface area (Å²) in [5.74, 6) is 0. The van der Waals surface area contributed by atoms with Crippen molar-refractivity contribution in [1.82, 2.24) is 0 Å². The smallest absolute Gasteiger partial charge is 0.0449 e. The summed E-state index contributed by atoms with van der Waals surface area (Å²) in [6.07, 6.45) is 7.70. The van der Waals surface area contributed by atoms with Crippen LogP contribution in [-0.4, -0.2) is 0 Å². The zero-order chi connectivity index (χ0) is 43.4. The van der Waals surface area contributed by atoms with Gasteiger partial charge in [-0.2, -0.15) is 0 Å². The van der Waals surface area contributed by atoms with Crippen LogP contribution in [0, 0.1) is 0 Å². The molecule has 65 heavy (non-hydrogen) atoms. The van der Waals surface area contributed by atoms with Crippen molar-refractivity contribution in [3.05, 3.63) is 223 Å². The van der Waals surface area contributed by atoms with Crippen LogP contribution in [0.15, 0.2) is 218 Å². The highest BCUT2D eigenvalue weighted by Crippen LogP contribution is 2.50. The Morgan fingerprint density at radius 1 is 0.369 bits per heavy atom. The zero-order valence-corrected chi connectivity index (χ0v) is 37.9. The molecule has 308 valence electrons. The lowest BCUT2D eigenvalue weighted by molar-refractivity contribution is 1.23. The summed E-state index contributed by atoms with van der Waals surface area (Å²) in [5.41, 5.74) is 10.1. The van der Waals surface area contributed by atoms with E-state index in [1.807, 2.05) is 22.7 Å². The third-order valence-electron chi connectivity index (χ3n) is 13.1. The van der Waals surface area contributed by atoms with Gasteiger partial charge in [0.1, 0.15) is 0 Å². The van der Waals surface area contributed by atoms with E-state index in [0.29, 0.717) is 0 Å². The first kappa shape index (κ1) is 39.2. The van der Waals surface area contributed by atoms with Crippen LogP contribution in [-0.2, 0) is 0 Å². The van der Waals surface area contributed by atoms with E-state index in [0.717, 1.165) is 6.42 Å². The molecule has 0 nitrogen and oxygen atoms in total. The molecule has 0 saturated heterocycles. The van der Waals surface area contributed by atoms with Gasteiger partial charge in [0.05, 0.1) is 0 Å². The van der Waals surface area contributed by atoms with Gasteiger partial charge in [0.2, 0.25) is 0 Å². The molecular formula is C63H44S2. The number of hydrogen-bond donors (Lipinski definition) is 0. The second kappa shape index (κ2) is 16.3. The highest BCUT2D eigenvalue weighted by molar-refractivity contribution is 7.24. The number of allylic oxidation sites excluding steroid dienone is 4. The van der Waals surface area contributed by atoms with Gasteiger partial charge in [-0.1, -0.05) is 183 Å². The second-order valence-electron chi connectivity index (χ2n) is 16.9. The predicted octanol–water partition coefficient (Wildman–Crippen LogP) is 19.4. The fourth-order valence-corrected chi connectivity index (χ4v) is 12.4. The van der Waals surface area contributed by atoms with Crippen LogP contribution in [0.4, 0.5) is 0 Å². The molecule has 2 heteroatoms. The first-order valence-electron chi connectivity index (χ1n) is 22.6. The van der Waals surface area contributed by atoms with Gasteiger partial charge in [0, 0.05) is 25.1 Å². The Morgan fingerprint density at radius 2 is 0.785 bits per heavy atom. The maximum absolute atomic E-state index is 2.50. The normalized spacial score (nSPS) is 12.2. The second-order valence-corrected chi connectivity index (χ2v) is 19.1. The lowest BCUT2D eigenvalue weighted by atomic mass is 9.83. The van der Waals surface area contributed by atoms with Gasteiger partial charge >= 0.3 is 0 Å². The summed E-state index contributed by atoms with van der Waals surface area (Å²) in [4.78, 5) is 5.21. The molecule has 2 aromatic heterocycles. The third kappa shape index (κ3) is 6.72. The Bertz CT molecular complexity index is 3830. The van der Waals surface area contributed by atoms with E-state index < -0.39 is 0 Å². The SMILES string of the molecule is C/C=C\C(=C/CC)c1ccc(-c2ccc(-c3c4ccccc4c(-c4ccc5c(-c6ccc7ccccc7c6)c6ccccc6c(-c6ccc7ccccc7c6)c5c4)c4ccccc34)s2)s1. The lowest BCUT2D eigenvalue weighted by Crippen LogP contribution is -1.93. The summed E-state index contributed by atoms with van der Waals surface area (Å²) < 4.78 is 0. The van der Waals surface area contributed by atoms with Crippen LogP contribution >= 0.6 is 22.7 Å². The summed E-state index contributed by atoms with van der Waals surface area (Å²) in [7, 11) is 0. The molecule has 0 fully saturated rings. The highest BCUT2D eigenvalue weighted by atomic mass is 32.1. The molecule has 0 aliphatic heterocycles. The van der Waals surface area contributed by atoms with Gasteiger partial charge in [-0.05, 0) is 159 Å². The fraction of sp³-hybridized carbons (Fsp3) is 0.0476. The van der Waals surface area contributed by atoms with Crippen molar-refractivity contribution in [2.75, 3.05) is 0 Å². The summed E-state index contributed by atoms with van der Waals surface area (Å²) in [6.45, 7) is 4.30. The van der Waals surface area contributed by atoms with Crippen molar-refractivity contribution in [3.8, 4) is 53.6 Å². The number of rotatable bonds is 8. The molecule has 0 atom stereocenters. The molecule has 2 heterocycles. The molecule has 10 aromatic carbocycles. The lowest BCUT2D eigenvalue weighted by Gasteiger charge is -2.21. The molecule has 0 amide bonds. The van der Waals surface area contributed by atoms with Crippen LogP contribution in [0.1, 0.15) is 25.1 Å². The first-order chi connectivity index (χ1) is 32.1. The van der Waals surface area contributed by atoms with E-state index in [2.05, 4.69) is 232 Å². The van der Waals surface area contributed by atoms with Gasteiger partial charge in [-0.15, -0.1) is 22.7 Å². The van der Waals surface area contributed by atoms with Crippen molar-refractivity contribution < 1.29 is 0 Å². The summed E-state index contributed by atoms with van der Waals surface area (Å²) in [6, 6.07) is 75.0. The van der Waals surface area contributed by atoms with Gasteiger partial charge in [0.15, 0.2) is 0 Å². The molecule has 0 spiro atoms. The van der Waals surface area contributed by atoms with E-state index in [9.17, 15) is 0 Å². The van der Waals surface area contributed by atoms with Crippen molar-refractivity contribution in [1.29, 1.82) is 0 Å². The van der Waals surface area contributed by atoms with Crippen LogP contribution in [0.5, 0.6) is 0 Å². The topological polar surface area (TPSA) is 0 Å². The largest absolute Gasteiger partial charge is 0.134 e. The minimum atomic E-state index is 1.01. The standard InChI is InChI=1S/C63H44S2/c1-3-15-42(16-4-2)56-33-34-57(64-56)58-35-36-59(65-58)63-52-25-13-11-23-50(52)61(51-24-12-14-26-53(51)63)47-31-32-54-55(39-47)62(46-30-28-41-18-6-8-20-44(41)38-46)49-22-10-9-21-48(49)60(54)45-29-27-40-17-5-7-19-43(40)37-45/h3,5-39H,4H2,1-2H3/b15-3-,42-16+. The van der Waals surface area contributed by atoms with Gasteiger partial charge < -0.3 is 0 Å². The Morgan fingerprint density at radius 3 is 1.32 bits per heavy atom. The van der Waals surface area contributed by atoms with Crippen molar-refractivity contribution >= 4 is 92.9 Å². The maximum atomic E-state index is 2.50. The third-order valence-corrected chi connectivity index (χ3v) is 15.5. The average Bonchev–Trinajstić information content (AvgIpc) is 4.06. The summed E-state index contributed by atoms with van der Waals surface area (Å²) >= 11 is 3.78. The Labute approximate surface area is 387 Å². The highest BCUT2D eigenvalue weighted by Gasteiger charge is 2.22. The van der Waals surface area contributed by atoms with E-state index in [4.69, 9.17) is 0 Å². The Hall–Kier alpha value is -7.36. The van der Waals surface area contributed by atoms with Crippen LogP contribution in [0.2, 0.25) is 0 Å². The molecule has 0 radical (unpaired) electrons. The minimum Gasteiger partial charge on any atom is -0.134 e. The van der Waals surface area contributed by atoms with Gasteiger partial charge in [0.25, 0.3) is 0 Å². The monoisotopic (exact) mass is 864 g/mol. The first-order valence-corrected chi connectivity index (χ1v) is 24.2. The predicted molar refractivity (Wildman–Crippen MR) is 287 cm³/mol. The fourth-order valence-electron chi connectivity index (χ4n) is 10.2. The molecule has 0 N–H and O–H groups in total. The Balaban J connectivity index is 1.10. The van der Waals surface area contributed by atoms with Crippen molar-refractivity contribution in [3.63, 3.8) is 0 Å². The maximum Gasteiger partial charge on any atom is 0.0449 e. The van der Waals surface area contributed by atoms with Gasteiger partial charge in [-0.3, -0.25) is 0 Å². The Kier molecular flexibility index (Phi) is 9.86. The number of benzene rings is 10.